The van der Waals surface area contributed by atoms with Crippen LogP contribution in [-0.4, -0.2) is 80.6 Å². The Morgan fingerprint density at radius 3 is 2.55 bits per heavy atom. The topological polar surface area (TPSA) is 119 Å². The zero-order chi connectivity index (χ0) is 27.4. The fourth-order valence-electron chi connectivity index (χ4n) is 5.21. The number of carbonyl (C=O) groups is 4. The van der Waals surface area contributed by atoms with Crippen molar-refractivity contribution < 1.29 is 29.0 Å². The molecule has 2 amide bonds. The lowest BCUT2D eigenvalue weighted by molar-refractivity contribution is -0.119. The maximum atomic E-state index is 12.5. The van der Waals surface area contributed by atoms with Crippen molar-refractivity contribution >= 4 is 35.6 Å². The summed E-state index contributed by atoms with van der Waals surface area (Å²) in [5.41, 5.74) is 5.45. The molecule has 1 saturated heterocycles. The molecule has 2 heterocycles. The lowest BCUT2D eigenvalue weighted by Crippen LogP contribution is -2.33. The number of rotatable bonds is 9. The minimum Gasteiger partial charge on any atom is -0.478 e. The number of nitrogens with one attached hydrogen (secondary N) is 1. The highest BCUT2D eigenvalue weighted by Crippen LogP contribution is 2.33. The highest BCUT2D eigenvalue weighted by atomic mass is 16.6. The fourth-order valence-corrected chi connectivity index (χ4v) is 5.21. The molecule has 2 aliphatic heterocycles. The minimum absolute atomic E-state index is 0.143. The Morgan fingerprint density at radius 1 is 1.16 bits per heavy atom. The predicted octanol–water partition coefficient (Wildman–Crippen LogP) is 2.25. The SMILES string of the molecule is CC(=O)NC[C@H]1CN(c2ccc3c(c2)CCN(c2c(C(=O)O)ccc(CN(C)C)c2CC=O)CC3)C(=O)O1. The van der Waals surface area contributed by atoms with Crippen molar-refractivity contribution in [3.05, 3.63) is 58.1 Å². The standard InChI is InChI=1S/C28H34N4O6/c1-18(34)29-15-23-17-32(28(37)38-23)22-6-4-19-8-11-31(12-9-20(19)14-22)26-24(10-13-33)21(16-30(2)3)5-7-25(26)27(35)36/h4-7,13-14,23H,8-12,15-17H2,1-3H3,(H,29,34)(H,35,36)/t23-/m0/s1. The number of fused-ring (bicyclic) bond motifs is 1. The summed E-state index contributed by atoms with van der Waals surface area (Å²) in [5.74, 6) is -1.20. The zero-order valence-electron chi connectivity index (χ0n) is 22.0. The van der Waals surface area contributed by atoms with Gasteiger partial charge in [-0.25, -0.2) is 9.59 Å². The van der Waals surface area contributed by atoms with E-state index in [1.807, 2.05) is 37.2 Å². The van der Waals surface area contributed by atoms with E-state index in [2.05, 4.69) is 10.2 Å². The fraction of sp³-hybridized carbons (Fsp3) is 0.429. The highest BCUT2D eigenvalue weighted by Gasteiger charge is 2.33. The summed E-state index contributed by atoms with van der Waals surface area (Å²) in [6, 6.07) is 9.34. The van der Waals surface area contributed by atoms with Crippen molar-refractivity contribution in [2.75, 3.05) is 50.1 Å². The molecular formula is C28H34N4O6. The van der Waals surface area contributed by atoms with Crippen LogP contribution in [0.4, 0.5) is 16.2 Å². The third-order valence-corrected chi connectivity index (χ3v) is 6.96. The number of carboxylic acids is 1. The Morgan fingerprint density at radius 2 is 1.89 bits per heavy atom. The van der Waals surface area contributed by atoms with Gasteiger partial charge in [-0.15, -0.1) is 0 Å². The van der Waals surface area contributed by atoms with Gasteiger partial charge in [0.25, 0.3) is 0 Å². The summed E-state index contributed by atoms with van der Waals surface area (Å²) in [7, 11) is 3.88. The smallest absolute Gasteiger partial charge is 0.414 e. The van der Waals surface area contributed by atoms with Gasteiger partial charge in [0.2, 0.25) is 5.91 Å². The van der Waals surface area contributed by atoms with E-state index >= 15 is 0 Å². The summed E-state index contributed by atoms with van der Waals surface area (Å²) in [4.78, 5) is 53.2. The quantitative estimate of drug-likeness (QED) is 0.482. The largest absolute Gasteiger partial charge is 0.478 e. The Bertz CT molecular complexity index is 1240. The third kappa shape index (κ3) is 5.96. The molecule has 202 valence electrons. The molecule has 0 radical (unpaired) electrons. The van der Waals surface area contributed by atoms with Gasteiger partial charge in [0, 0.05) is 38.7 Å². The predicted molar refractivity (Wildman–Crippen MR) is 143 cm³/mol. The van der Waals surface area contributed by atoms with E-state index in [9.17, 15) is 24.3 Å². The molecule has 2 aromatic carbocycles. The molecule has 2 aromatic rings. The van der Waals surface area contributed by atoms with Crippen LogP contribution in [0.3, 0.4) is 0 Å². The molecule has 10 heteroatoms. The third-order valence-electron chi connectivity index (χ3n) is 6.96. The number of amides is 2. The first kappa shape index (κ1) is 27.1. The highest BCUT2D eigenvalue weighted by molar-refractivity contribution is 5.96. The van der Waals surface area contributed by atoms with Crippen molar-refractivity contribution in [1.29, 1.82) is 0 Å². The summed E-state index contributed by atoms with van der Waals surface area (Å²) in [6.45, 7) is 3.81. The number of aldehydes is 1. The van der Waals surface area contributed by atoms with Crippen LogP contribution in [0.2, 0.25) is 0 Å². The van der Waals surface area contributed by atoms with Crippen LogP contribution in [0.5, 0.6) is 0 Å². The number of hydrogen-bond acceptors (Lipinski definition) is 7. The Labute approximate surface area is 222 Å². The van der Waals surface area contributed by atoms with E-state index in [-0.39, 0.29) is 24.4 Å². The molecule has 1 atom stereocenters. The van der Waals surface area contributed by atoms with Gasteiger partial charge in [0.05, 0.1) is 24.3 Å². The summed E-state index contributed by atoms with van der Waals surface area (Å²) < 4.78 is 5.41. The Kier molecular flexibility index (Phi) is 8.31. The van der Waals surface area contributed by atoms with Gasteiger partial charge in [-0.05, 0) is 67.4 Å². The van der Waals surface area contributed by atoms with Crippen molar-refractivity contribution in [1.82, 2.24) is 10.2 Å². The van der Waals surface area contributed by atoms with Gasteiger partial charge >= 0.3 is 12.1 Å². The van der Waals surface area contributed by atoms with Crippen LogP contribution in [-0.2, 0) is 40.1 Å². The van der Waals surface area contributed by atoms with Gasteiger partial charge in [-0.3, -0.25) is 9.69 Å². The Hall–Kier alpha value is -3.92. The van der Waals surface area contributed by atoms with Gasteiger partial charge < -0.3 is 29.8 Å². The second-order valence-electron chi connectivity index (χ2n) is 10.0. The number of carboxylic acid groups (broad SMARTS) is 1. The molecule has 10 nitrogen and oxygen atoms in total. The van der Waals surface area contributed by atoms with Crippen LogP contribution in [0.15, 0.2) is 30.3 Å². The van der Waals surface area contributed by atoms with Crippen molar-refractivity contribution in [2.45, 2.75) is 38.8 Å². The molecule has 0 saturated carbocycles. The average Bonchev–Trinajstić information content (AvgIpc) is 3.11. The molecule has 2 N–H and O–H groups in total. The molecule has 0 spiro atoms. The van der Waals surface area contributed by atoms with E-state index in [4.69, 9.17) is 4.74 Å². The van der Waals surface area contributed by atoms with E-state index in [0.717, 1.165) is 34.2 Å². The summed E-state index contributed by atoms with van der Waals surface area (Å²) in [5, 5.41) is 12.7. The van der Waals surface area contributed by atoms with Crippen molar-refractivity contribution in [3.8, 4) is 0 Å². The van der Waals surface area contributed by atoms with Crippen molar-refractivity contribution in [3.63, 3.8) is 0 Å². The first-order valence-corrected chi connectivity index (χ1v) is 12.7. The summed E-state index contributed by atoms with van der Waals surface area (Å²) in [6.07, 6.45) is 1.46. The number of anilines is 2. The van der Waals surface area contributed by atoms with Gasteiger partial charge in [-0.1, -0.05) is 12.1 Å². The molecular weight excluding hydrogens is 488 g/mol. The maximum absolute atomic E-state index is 12.5. The van der Waals surface area contributed by atoms with Crippen LogP contribution in [0, 0.1) is 0 Å². The molecule has 0 aromatic heterocycles. The van der Waals surface area contributed by atoms with Gasteiger partial charge in [0.1, 0.15) is 12.4 Å². The van der Waals surface area contributed by atoms with E-state index in [1.165, 1.54) is 6.92 Å². The molecule has 38 heavy (non-hydrogen) atoms. The molecule has 0 unspecified atom stereocenters. The number of aromatic carboxylic acids is 1. The normalized spacial score (nSPS) is 17.2. The van der Waals surface area contributed by atoms with Crippen molar-refractivity contribution in [2.24, 2.45) is 0 Å². The average molecular weight is 523 g/mol. The van der Waals surface area contributed by atoms with Crippen LogP contribution in [0.25, 0.3) is 0 Å². The Balaban J connectivity index is 1.59. The number of ether oxygens (including phenoxy) is 1. The van der Waals surface area contributed by atoms with Crippen LogP contribution >= 0.6 is 0 Å². The molecule has 2 aliphatic rings. The molecule has 1 fully saturated rings. The molecule has 4 rings (SSSR count). The minimum atomic E-state index is -1.02. The lowest BCUT2D eigenvalue weighted by atomic mass is 9.96. The first-order valence-electron chi connectivity index (χ1n) is 12.7. The van der Waals surface area contributed by atoms with Gasteiger partial charge in [0.15, 0.2) is 0 Å². The second-order valence-corrected chi connectivity index (χ2v) is 10.0. The van der Waals surface area contributed by atoms with E-state index < -0.39 is 18.2 Å². The van der Waals surface area contributed by atoms with Crippen LogP contribution in [0.1, 0.15) is 39.5 Å². The number of carbonyl (C=O) groups excluding carboxylic acids is 3. The van der Waals surface area contributed by atoms with E-state index in [0.29, 0.717) is 44.7 Å². The van der Waals surface area contributed by atoms with Gasteiger partial charge in [-0.2, -0.15) is 0 Å². The monoisotopic (exact) mass is 522 g/mol. The first-order chi connectivity index (χ1) is 18.2. The number of benzene rings is 2. The molecule has 0 aliphatic carbocycles. The number of cyclic esters (lactones) is 1. The number of hydrogen-bond donors (Lipinski definition) is 2. The lowest BCUT2D eigenvalue weighted by Gasteiger charge is -2.29. The maximum Gasteiger partial charge on any atom is 0.414 e. The van der Waals surface area contributed by atoms with Crippen LogP contribution < -0.4 is 15.1 Å². The number of nitrogens with zero attached hydrogens (tertiary/aromatic N) is 3. The summed E-state index contributed by atoms with van der Waals surface area (Å²) >= 11 is 0. The zero-order valence-corrected chi connectivity index (χ0v) is 22.0. The molecule has 0 bridgehead atoms. The van der Waals surface area contributed by atoms with E-state index in [1.54, 1.807) is 17.0 Å². The second kappa shape index (κ2) is 11.6.